The van der Waals surface area contributed by atoms with Gasteiger partial charge in [0.25, 0.3) is 5.91 Å². The minimum Gasteiger partial charge on any atom is -0.481 e. The number of hydrogen-bond acceptors (Lipinski definition) is 3. The molecule has 1 amide bonds. The largest absolute Gasteiger partial charge is 0.481 e. The van der Waals surface area contributed by atoms with Crippen molar-refractivity contribution in [2.45, 2.75) is 19.8 Å². The zero-order chi connectivity index (χ0) is 12.8. The van der Waals surface area contributed by atoms with Gasteiger partial charge in [-0.1, -0.05) is 13.3 Å². The van der Waals surface area contributed by atoms with E-state index in [1.54, 1.807) is 13.2 Å². The zero-order valence-corrected chi connectivity index (χ0v) is 10.0. The van der Waals surface area contributed by atoms with Crippen LogP contribution in [0.4, 0.5) is 0 Å². The molecule has 0 radical (unpaired) electrons. The van der Waals surface area contributed by atoms with Crippen LogP contribution in [0, 0.1) is 5.92 Å². The number of aryl methyl sites for hydroxylation is 1. The highest BCUT2D eigenvalue weighted by Gasteiger charge is 2.17. The Kier molecular flexibility index (Phi) is 4.68. The van der Waals surface area contributed by atoms with Gasteiger partial charge >= 0.3 is 5.97 Å². The number of carboxylic acids is 1. The maximum atomic E-state index is 11.6. The smallest absolute Gasteiger partial charge is 0.308 e. The van der Waals surface area contributed by atoms with Crippen molar-refractivity contribution in [3.05, 3.63) is 18.0 Å². The van der Waals surface area contributed by atoms with E-state index in [4.69, 9.17) is 5.11 Å². The topological polar surface area (TPSA) is 84.2 Å². The average molecular weight is 239 g/mol. The number of aromatic nitrogens is 2. The van der Waals surface area contributed by atoms with Crippen molar-refractivity contribution in [3.8, 4) is 0 Å². The summed E-state index contributed by atoms with van der Waals surface area (Å²) in [5, 5.41) is 15.4. The van der Waals surface area contributed by atoms with Crippen molar-refractivity contribution in [3.63, 3.8) is 0 Å². The van der Waals surface area contributed by atoms with Gasteiger partial charge in [0.05, 0.1) is 17.7 Å². The predicted octanol–water partition coefficient (Wildman–Crippen LogP) is 0.651. The van der Waals surface area contributed by atoms with Crippen molar-refractivity contribution < 1.29 is 14.7 Å². The molecule has 0 saturated heterocycles. The Morgan fingerprint density at radius 2 is 2.29 bits per heavy atom. The van der Waals surface area contributed by atoms with Crippen LogP contribution in [0.2, 0.25) is 0 Å². The molecular weight excluding hydrogens is 222 g/mol. The van der Waals surface area contributed by atoms with E-state index in [-0.39, 0.29) is 12.5 Å². The van der Waals surface area contributed by atoms with Crippen LogP contribution in [0.5, 0.6) is 0 Å². The molecular formula is C11H17N3O3. The first-order valence-electron chi connectivity index (χ1n) is 5.54. The molecule has 6 nitrogen and oxygen atoms in total. The zero-order valence-electron chi connectivity index (χ0n) is 10.0. The minimum absolute atomic E-state index is 0.150. The summed E-state index contributed by atoms with van der Waals surface area (Å²) < 4.78 is 1.52. The molecule has 0 aliphatic rings. The molecule has 0 aromatic carbocycles. The molecule has 2 N–H and O–H groups in total. The fourth-order valence-electron chi connectivity index (χ4n) is 1.52. The van der Waals surface area contributed by atoms with Gasteiger partial charge in [-0.2, -0.15) is 5.10 Å². The number of carbonyl (C=O) groups excluding carboxylic acids is 1. The molecule has 1 rings (SSSR count). The van der Waals surface area contributed by atoms with Crippen LogP contribution < -0.4 is 5.32 Å². The van der Waals surface area contributed by atoms with Crippen LogP contribution in [-0.4, -0.2) is 33.3 Å². The monoisotopic (exact) mass is 239 g/mol. The molecule has 0 fully saturated rings. The lowest BCUT2D eigenvalue weighted by Gasteiger charge is -2.11. The second-order valence-corrected chi connectivity index (χ2v) is 3.94. The number of amides is 1. The van der Waals surface area contributed by atoms with Crippen molar-refractivity contribution in [1.82, 2.24) is 15.1 Å². The molecule has 94 valence electrons. The molecule has 0 aliphatic heterocycles. The highest BCUT2D eigenvalue weighted by Crippen LogP contribution is 2.05. The van der Waals surface area contributed by atoms with E-state index in [0.717, 1.165) is 6.42 Å². The van der Waals surface area contributed by atoms with E-state index >= 15 is 0 Å². The summed E-state index contributed by atoms with van der Waals surface area (Å²) in [6, 6.07) is 0. The number of nitrogens with one attached hydrogen (secondary N) is 1. The van der Waals surface area contributed by atoms with Gasteiger partial charge in [-0.3, -0.25) is 14.3 Å². The third-order valence-electron chi connectivity index (χ3n) is 2.46. The summed E-state index contributed by atoms with van der Waals surface area (Å²) in [4.78, 5) is 22.5. The molecule has 0 spiro atoms. The first kappa shape index (κ1) is 13.2. The second-order valence-electron chi connectivity index (χ2n) is 3.94. The standard InChI is InChI=1S/C11H17N3O3/c1-3-4-8(11(16)17)5-12-10(15)9-6-13-14(2)7-9/h6-8H,3-5H2,1-2H3,(H,12,15)(H,16,17). The summed E-state index contributed by atoms with van der Waals surface area (Å²) in [6.07, 6.45) is 4.37. The minimum atomic E-state index is -0.877. The molecule has 1 unspecified atom stereocenters. The lowest BCUT2D eigenvalue weighted by Crippen LogP contribution is -2.32. The van der Waals surface area contributed by atoms with Crippen LogP contribution in [0.25, 0.3) is 0 Å². The number of carboxylic acid groups (broad SMARTS) is 1. The first-order chi connectivity index (χ1) is 8.04. The van der Waals surface area contributed by atoms with Crippen LogP contribution in [-0.2, 0) is 11.8 Å². The number of hydrogen-bond donors (Lipinski definition) is 2. The lowest BCUT2D eigenvalue weighted by molar-refractivity contribution is -0.141. The highest BCUT2D eigenvalue weighted by molar-refractivity contribution is 5.93. The normalized spacial score (nSPS) is 12.1. The van der Waals surface area contributed by atoms with Crippen LogP contribution in [0.15, 0.2) is 12.4 Å². The summed E-state index contributed by atoms with van der Waals surface area (Å²) in [7, 11) is 1.72. The van der Waals surface area contributed by atoms with Crippen LogP contribution in [0.1, 0.15) is 30.1 Å². The quantitative estimate of drug-likeness (QED) is 0.763. The van der Waals surface area contributed by atoms with E-state index in [2.05, 4.69) is 10.4 Å². The summed E-state index contributed by atoms with van der Waals surface area (Å²) >= 11 is 0. The fraction of sp³-hybridized carbons (Fsp3) is 0.545. The lowest BCUT2D eigenvalue weighted by atomic mass is 10.0. The van der Waals surface area contributed by atoms with E-state index in [1.807, 2.05) is 6.92 Å². The highest BCUT2D eigenvalue weighted by atomic mass is 16.4. The molecule has 0 bridgehead atoms. The second kappa shape index (κ2) is 6.03. The molecule has 1 aromatic heterocycles. The Labute approximate surface area is 99.6 Å². The summed E-state index contributed by atoms with van der Waals surface area (Å²) in [5.74, 6) is -1.69. The number of rotatable bonds is 6. The van der Waals surface area contributed by atoms with Gasteiger partial charge in [-0.15, -0.1) is 0 Å². The predicted molar refractivity (Wildman–Crippen MR) is 61.6 cm³/mol. The van der Waals surface area contributed by atoms with Gasteiger partial charge < -0.3 is 10.4 Å². The fourth-order valence-corrected chi connectivity index (χ4v) is 1.52. The molecule has 1 atom stereocenters. The van der Waals surface area contributed by atoms with Gasteiger partial charge in [0, 0.05) is 19.8 Å². The Balaban J connectivity index is 2.49. The van der Waals surface area contributed by atoms with E-state index in [1.165, 1.54) is 10.9 Å². The van der Waals surface area contributed by atoms with Crippen molar-refractivity contribution in [2.75, 3.05) is 6.54 Å². The van der Waals surface area contributed by atoms with Gasteiger partial charge in [-0.25, -0.2) is 0 Å². The van der Waals surface area contributed by atoms with E-state index < -0.39 is 11.9 Å². The molecule has 0 aliphatic carbocycles. The molecule has 1 aromatic rings. The van der Waals surface area contributed by atoms with Crippen LogP contribution in [0.3, 0.4) is 0 Å². The summed E-state index contributed by atoms with van der Waals surface area (Å²) in [5.41, 5.74) is 0.438. The Bertz CT molecular complexity index is 400. The molecule has 1 heterocycles. The van der Waals surface area contributed by atoms with Gasteiger partial charge in [-0.05, 0) is 6.42 Å². The third kappa shape index (κ3) is 3.90. The Hall–Kier alpha value is -1.85. The average Bonchev–Trinajstić information content (AvgIpc) is 2.70. The first-order valence-corrected chi connectivity index (χ1v) is 5.54. The molecule has 0 saturated carbocycles. The van der Waals surface area contributed by atoms with Crippen molar-refractivity contribution in [1.29, 1.82) is 0 Å². The van der Waals surface area contributed by atoms with E-state index in [0.29, 0.717) is 12.0 Å². The number of aliphatic carboxylic acids is 1. The van der Waals surface area contributed by atoms with E-state index in [9.17, 15) is 9.59 Å². The number of carbonyl (C=O) groups is 2. The van der Waals surface area contributed by atoms with Gasteiger partial charge in [0.1, 0.15) is 0 Å². The maximum absolute atomic E-state index is 11.6. The van der Waals surface area contributed by atoms with Gasteiger partial charge in [0.15, 0.2) is 0 Å². The molecule has 17 heavy (non-hydrogen) atoms. The number of nitrogens with zero attached hydrogens (tertiary/aromatic N) is 2. The van der Waals surface area contributed by atoms with Gasteiger partial charge in [0.2, 0.25) is 0 Å². The molecule has 6 heteroatoms. The Morgan fingerprint density at radius 3 is 2.76 bits per heavy atom. The Morgan fingerprint density at radius 1 is 1.59 bits per heavy atom. The van der Waals surface area contributed by atoms with Crippen molar-refractivity contribution >= 4 is 11.9 Å². The van der Waals surface area contributed by atoms with Crippen molar-refractivity contribution in [2.24, 2.45) is 13.0 Å². The third-order valence-corrected chi connectivity index (χ3v) is 2.46. The van der Waals surface area contributed by atoms with Crippen LogP contribution >= 0.6 is 0 Å². The summed E-state index contributed by atoms with van der Waals surface area (Å²) in [6.45, 7) is 2.07. The maximum Gasteiger partial charge on any atom is 0.308 e. The SMILES string of the molecule is CCCC(CNC(=O)c1cnn(C)c1)C(=O)O.